The van der Waals surface area contributed by atoms with Crippen LogP contribution < -0.4 is 4.90 Å². The largest absolute Gasteiger partial charge is 0.366 e. The molecule has 0 aromatic carbocycles. The van der Waals surface area contributed by atoms with Crippen molar-refractivity contribution in [3.8, 4) is 0 Å². The molecule has 0 amide bonds. The van der Waals surface area contributed by atoms with Gasteiger partial charge in [0.1, 0.15) is 5.69 Å². The number of hydrogen-bond donors (Lipinski definition) is 0. The van der Waals surface area contributed by atoms with Crippen molar-refractivity contribution in [2.45, 2.75) is 44.9 Å². The van der Waals surface area contributed by atoms with E-state index in [1.165, 1.54) is 24.2 Å². The summed E-state index contributed by atoms with van der Waals surface area (Å²) >= 11 is 0. The molecule has 2 aliphatic rings. The van der Waals surface area contributed by atoms with Gasteiger partial charge in [0.25, 0.3) is 11.9 Å². The van der Waals surface area contributed by atoms with Gasteiger partial charge in [-0.25, -0.2) is 0 Å². The number of nitrogens with zero attached hydrogens (tertiary/aromatic N) is 2. The number of pyridine rings is 1. The highest BCUT2D eigenvalue weighted by Crippen LogP contribution is 2.45. The van der Waals surface area contributed by atoms with Gasteiger partial charge in [-0.05, 0) is 31.1 Å². The number of piperidine rings is 1. The first kappa shape index (κ1) is 14.6. The van der Waals surface area contributed by atoms with Crippen molar-refractivity contribution in [1.82, 2.24) is 4.98 Å². The third kappa shape index (κ3) is 2.60. The third-order valence-corrected chi connectivity index (χ3v) is 5.03. The van der Waals surface area contributed by atoms with Gasteiger partial charge in [-0.1, -0.05) is 19.3 Å². The molecule has 2 nitrogen and oxygen atoms in total. The van der Waals surface area contributed by atoms with Gasteiger partial charge in [-0.2, -0.15) is 22.5 Å². The van der Waals surface area contributed by atoms with Crippen LogP contribution in [0.5, 0.6) is 0 Å². The predicted molar refractivity (Wildman–Crippen MR) is 71.0 cm³/mol. The van der Waals surface area contributed by atoms with E-state index in [1.807, 2.05) is 0 Å². The molecular formula is C15H18F4N2. The first-order valence-corrected chi connectivity index (χ1v) is 7.47. The summed E-state index contributed by atoms with van der Waals surface area (Å²) in [6, 6.07) is 0. The normalized spacial score (nSPS) is 21.8. The number of anilines is 1. The number of halogens is 4. The summed E-state index contributed by atoms with van der Waals surface area (Å²) in [4.78, 5) is 4.02. The minimum atomic E-state index is -1.58. The van der Waals surface area contributed by atoms with Gasteiger partial charge in [0, 0.05) is 13.1 Å². The van der Waals surface area contributed by atoms with Gasteiger partial charge in [0.05, 0.1) is 0 Å². The SMILES string of the molecule is Fc1nc(F)c(F)c(N2CCC3(CCCCC3)CC2)c1F. The Morgan fingerprint density at radius 2 is 1.29 bits per heavy atom. The standard InChI is InChI=1S/C15H18F4N2/c16-10-12(11(17)14(19)20-13(10)18)21-8-6-15(7-9-21)4-2-1-3-5-15/h1-9H2. The Hall–Kier alpha value is -1.33. The third-order valence-electron chi connectivity index (χ3n) is 5.03. The fourth-order valence-corrected chi connectivity index (χ4v) is 3.76. The van der Waals surface area contributed by atoms with Crippen molar-refractivity contribution in [3.05, 3.63) is 23.5 Å². The number of aromatic nitrogens is 1. The van der Waals surface area contributed by atoms with Crippen molar-refractivity contribution >= 4 is 5.69 Å². The lowest BCUT2D eigenvalue weighted by Gasteiger charge is -2.45. The summed E-state index contributed by atoms with van der Waals surface area (Å²) in [5.74, 6) is -5.95. The number of hydrogen-bond acceptors (Lipinski definition) is 2. The predicted octanol–water partition coefficient (Wildman–Crippen LogP) is 4.19. The molecule has 0 unspecified atom stereocenters. The van der Waals surface area contributed by atoms with Gasteiger partial charge >= 0.3 is 0 Å². The smallest absolute Gasteiger partial charge is 0.253 e. The average molecular weight is 302 g/mol. The Bertz CT molecular complexity index is 505. The Balaban J connectivity index is 1.81. The monoisotopic (exact) mass is 302 g/mol. The fourth-order valence-electron chi connectivity index (χ4n) is 3.76. The van der Waals surface area contributed by atoms with Crippen LogP contribution in [0.2, 0.25) is 0 Å². The maximum absolute atomic E-state index is 13.8. The van der Waals surface area contributed by atoms with Crippen LogP contribution in [0.4, 0.5) is 23.2 Å². The van der Waals surface area contributed by atoms with Crippen molar-refractivity contribution in [3.63, 3.8) is 0 Å². The summed E-state index contributed by atoms with van der Waals surface area (Å²) < 4.78 is 54.0. The molecule has 1 aliphatic carbocycles. The van der Waals surface area contributed by atoms with E-state index in [9.17, 15) is 17.6 Å². The summed E-state index contributed by atoms with van der Waals surface area (Å²) in [6.45, 7) is 0.855. The zero-order valence-electron chi connectivity index (χ0n) is 11.8. The number of rotatable bonds is 1. The second-order valence-electron chi connectivity index (χ2n) is 6.22. The Kier molecular flexibility index (Phi) is 3.80. The van der Waals surface area contributed by atoms with E-state index < -0.39 is 29.2 Å². The van der Waals surface area contributed by atoms with E-state index in [2.05, 4.69) is 4.98 Å². The minimum absolute atomic E-state index is 0.256. The first-order valence-electron chi connectivity index (χ1n) is 7.47. The molecule has 0 atom stereocenters. The Labute approximate surface area is 121 Å². The Morgan fingerprint density at radius 1 is 0.762 bits per heavy atom. The van der Waals surface area contributed by atoms with E-state index in [0.29, 0.717) is 13.1 Å². The topological polar surface area (TPSA) is 16.1 Å². The van der Waals surface area contributed by atoms with Crippen LogP contribution in [0.15, 0.2) is 0 Å². The van der Waals surface area contributed by atoms with Crippen molar-refractivity contribution < 1.29 is 17.6 Å². The second kappa shape index (κ2) is 5.46. The average Bonchev–Trinajstić information content (AvgIpc) is 2.48. The van der Waals surface area contributed by atoms with Crippen LogP contribution in [-0.4, -0.2) is 18.1 Å². The van der Waals surface area contributed by atoms with Crippen LogP contribution in [0, 0.1) is 28.9 Å². The van der Waals surface area contributed by atoms with Crippen molar-refractivity contribution in [1.29, 1.82) is 0 Å². The van der Waals surface area contributed by atoms with Crippen LogP contribution in [0.25, 0.3) is 0 Å². The maximum atomic E-state index is 13.8. The lowest BCUT2D eigenvalue weighted by Crippen LogP contribution is -2.42. The lowest BCUT2D eigenvalue weighted by atomic mass is 9.68. The van der Waals surface area contributed by atoms with E-state index in [1.54, 1.807) is 0 Å². The Morgan fingerprint density at radius 3 is 1.81 bits per heavy atom. The van der Waals surface area contributed by atoms with Crippen LogP contribution >= 0.6 is 0 Å². The van der Waals surface area contributed by atoms with E-state index >= 15 is 0 Å². The van der Waals surface area contributed by atoms with Crippen LogP contribution in [0.1, 0.15) is 44.9 Å². The quantitative estimate of drug-likeness (QED) is 0.571. The summed E-state index contributed by atoms with van der Waals surface area (Å²) in [5, 5.41) is 0. The van der Waals surface area contributed by atoms with Crippen LogP contribution in [0.3, 0.4) is 0 Å². The molecular weight excluding hydrogens is 284 g/mol. The van der Waals surface area contributed by atoms with Crippen LogP contribution in [-0.2, 0) is 0 Å². The highest BCUT2D eigenvalue weighted by molar-refractivity contribution is 5.49. The summed E-state index contributed by atoms with van der Waals surface area (Å²) in [7, 11) is 0. The second-order valence-corrected chi connectivity index (χ2v) is 6.22. The van der Waals surface area contributed by atoms with Crippen molar-refractivity contribution in [2.75, 3.05) is 18.0 Å². The molecule has 2 heterocycles. The molecule has 0 N–H and O–H groups in total. The zero-order chi connectivity index (χ0) is 15.0. The van der Waals surface area contributed by atoms with Gasteiger partial charge in [0.15, 0.2) is 0 Å². The molecule has 2 fully saturated rings. The molecule has 1 saturated carbocycles. The molecule has 116 valence electrons. The molecule has 21 heavy (non-hydrogen) atoms. The molecule has 1 aliphatic heterocycles. The van der Waals surface area contributed by atoms with E-state index in [-0.39, 0.29) is 5.41 Å². The van der Waals surface area contributed by atoms with Gasteiger partial charge in [0.2, 0.25) is 11.6 Å². The molecule has 3 rings (SSSR count). The summed E-state index contributed by atoms with van der Waals surface area (Å²) in [6.07, 6.45) is 7.56. The van der Waals surface area contributed by atoms with E-state index in [0.717, 1.165) is 25.7 Å². The molecule has 1 saturated heterocycles. The van der Waals surface area contributed by atoms with E-state index in [4.69, 9.17) is 0 Å². The highest BCUT2D eigenvalue weighted by atomic mass is 19.2. The molecule has 1 aromatic heterocycles. The zero-order valence-corrected chi connectivity index (χ0v) is 11.8. The maximum Gasteiger partial charge on any atom is 0.253 e. The van der Waals surface area contributed by atoms with Crippen molar-refractivity contribution in [2.24, 2.45) is 5.41 Å². The molecule has 1 spiro atoms. The first-order chi connectivity index (χ1) is 10.0. The van der Waals surface area contributed by atoms with Gasteiger partial charge in [-0.15, -0.1) is 0 Å². The fraction of sp³-hybridized carbons (Fsp3) is 0.667. The van der Waals surface area contributed by atoms with Gasteiger partial charge < -0.3 is 4.90 Å². The van der Waals surface area contributed by atoms with Gasteiger partial charge in [-0.3, -0.25) is 0 Å². The summed E-state index contributed by atoms with van der Waals surface area (Å²) in [5.41, 5.74) is -0.350. The molecule has 1 aromatic rings. The minimum Gasteiger partial charge on any atom is -0.366 e. The lowest BCUT2D eigenvalue weighted by molar-refractivity contribution is 0.143. The highest BCUT2D eigenvalue weighted by Gasteiger charge is 2.37. The molecule has 0 bridgehead atoms. The molecule has 6 heteroatoms. The molecule has 0 radical (unpaired) electrons.